The van der Waals surface area contributed by atoms with Crippen LogP contribution in [-0.4, -0.2) is 20.2 Å². The van der Waals surface area contributed by atoms with E-state index in [1.165, 1.54) is 19.3 Å². The van der Waals surface area contributed by atoms with Crippen LogP contribution in [0, 0.1) is 28.1 Å². The number of rotatable bonds is 2. The molecule has 5 atom stereocenters. The topological polar surface area (TPSA) is 26.3 Å². The van der Waals surface area contributed by atoms with Gasteiger partial charge in [0, 0.05) is 11.3 Å². The number of Topliss-reactive ketones (excluding diaryl/α,β-unsaturated/α-hetero) is 1. The van der Waals surface area contributed by atoms with E-state index < -0.39 is 8.32 Å². The van der Waals surface area contributed by atoms with Gasteiger partial charge in [-0.1, -0.05) is 54.9 Å². The highest BCUT2D eigenvalue weighted by Gasteiger charge is 2.77. The summed E-state index contributed by atoms with van der Waals surface area (Å²) >= 11 is 0. The van der Waals surface area contributed by atoms with Gasteiger partial charge in [0.1, 0.15) is 5.78 Å². The van der Waals surface area contributed by atoms with Gasteiger partial charge < -0.3 is 4.43 Å². The fraction of sp³-hybridized carbons (Fsp3) is 0.952. The van der Waals surface area contributed by atoms with Crippen molar-refractivity contribution < 1.29 is 9.22 Å². The van der Waals surface area contributed by atoms with Crippen LogP contribution in [0.5, 0.6) is 0 Å². The molecule has 0 aromatic carbocycles. The van der Waals surface area contributed by atoms with E-state index >= 15 is 0 Å². The van der Waals surface area contributed by atoms with Crippen molar-refractivity contribution in [1.82, 2.24) is 0 Å². The summed E-state index contributed by atoms with van der Waals surface area (Å²) in [6.45, 7) is 21.0. The molecule has 3 fully saturated rings. The van der Waals surface area contributed by atoms with Crippen LogP contribution in [-0.2, 0) is 9.22 Å². The SMILES string of the molecule is CC1C(=O)[C@@]23C[C@H](O[Si](C)(C)C(C)(C)C)[C@@H]1[C@@]2(C)CCCC3(C)C. The molecule has 3 aliphatic carbocycles. The molecule has 138 valence electrons. The summed E-state index contributed by atoms with van der Waals surface area (Å²) in [5.41, 5.74) is 0.0826. The molecule has 0 amide bonds. The fourth-order valence-corrected chi connectivity index (χ4v) is 8.05. The summed E-state index contributed by atoms with van der Waals surface area (Å²) in [5.74, 6) is 1.13. The fourth-order valence-electron chi connectivity index (χ4n) is 6.71. The van der Waals surface area contributed by atoms with E-state index in [0.29, 0.717) is 11.7 Å². The third kappa shape index (κ3) is 2.00. The van der Waals surface area contributed by atoms with Crippen LogP contribution in [0.2, 0.25) is 18.1 Å². The highest BCUT2D eigenvalue weighted by molar-refractivity contribution is 6.74. The second-order valence-electron chi connectivity index (χ2n) is 11.4. The molecule has 3 aliphatic rings. The maximum absolute atomic E-state index is 13.4. The van der Waals surface area contributed by atoms with Crippen molar-refractivity contribution in [3.63, 3.8) is 0 Å². The minimum Gasteiger partial charge on any atom is -0.414 e. The Kier molecular flexibility index (Phi) is 3.86. The minimum atomic E-state index is -1.82. The average Bonchev–Trinajstić information content (AvgIpc) is 2.73. The highest BCUT2D eigenvalue weighted by Crippen LogP contribution is 2.76. The Morgan fingerprint density at radius 2 is 1.71 bits per heavy atom. The second kappa shape index (κ2) is 4.97. The van der Waals surface area contributed by atoms with Gasteiger partial charge >= 0.3 is 0 Å². The Labute approximate surface area is 150 Å². The van der Waals surface area contributed by atoms with Gasteiger partial charge in [0.2, 0.25) is 0 Å². The van der Waals surface area contributed by atoms with Gasteiger partial charge in [-0.05, 0) is 54.1 Å². The van der Waals surface area contributed by atoms with Crippen molar-refractivity contribution >= 4 is 14.1 Å². The summed E-state index contributed by atoms with van der Waals surface area (Å²) in [7, 11) is -1.82. The van der Waals surface area contributed by atoms with Crippen molar-refractivity contribution in [3.05, 3.63) is 0 Å². The monoisotopic (exact) mass is 350 g/mol. The molecule has 0 N–H and O–H groups in total. The van der Waals surface area contributed by atoms with Gasteiger partial charge in [-0.25, -0.2) is 0 Å². The van der Waals surface area contributed by atoms with E-state index in [1.807, 2.05) is 0 Å². The number of hydrogen-bond donors (Lipinski definition) is 0. The molecule has 0 aliphatic heterocycles. The Balaban J connectivity index is 2.03. The lowest BCUT2D eigenvalue weighted by Gasteiger charge is -2.54. The van der Waals surface area contributed by atoms with Crippen LogP contribution in [0.1, 0.15) is 74.1 Å². The van der Waals surface area contributed by atoms with Crippen LogP contribution >= 0.6 is 0 Å². The first kappa shape index (κ1) is 18.6. The largest absolute Gasteiger partial charge is 0.414 e. The quantitative estimate of drug-likeness (QED) is 0.587. The average molecular weight is 351 g/mol. The number of carbonyl (C=O) groups is 1. The van der Waals surface area contributed by atoms with Gasteiger partial charge in [0.15, 0.2) is 8.32 Å². The standard InChI is InChI=1S/C21H38O2Si/c1-14-16-15(23-24(8,9)18(2,3)4)13-21(17(14)22)19(5,6)11-10-12-20(16,21)7/h14-16H,10-13H2,1-9H3/t14?,15-,16+,20+,21+/m0/s1. The zero-order chi connectivity index (χ0) is 18.3. The molecule has 3 saturated carbocycles. The zero-order valence-corrected chi connectivity index (χ0v) is 18.4. The maximum atomic E-state index is 13.4. The van der Waals surface area contributed by atoms with E-state index in [0.717, 1.165) is 6.42 Å². The second-order valence-corrected chi connectivity index (χ2v) is 16.1. The van der Waals surface area contributed by atoms with Gasteiger partial charge in [-0.2, -0.15) is 0 Å². The number of ketones is 1. The van der Waals surface area contributed by atoms with Crippen LogP contribution in [0.3, 0.4) is 0 Å². The molecule has 2 nitrogen and oxygen atoms in total. The molecule has 3 rings (SSSR count). The van der Waals surface area contributed by atoms with E-state index in [2.05, 4.69) is 61.6 Å². The lowest BCUT2D eigenvalue weighted by Crippen LogP contribution is -2.53. The molecular weight excluding hydrogens is 312 g/mol. The molecule has 0 aromatic rings. The van der Waals surface area contributed by atoms with Crippen molar-refractivity contribution in [2.45, 2.75) is 98.4 Å². The first-order valence-electron chi connectivity index (χ1n) is 9.93. The molecule has 0 heterocycles. The van der Waals surface area contributed by atoms with Crippen LogP contribution in [0.15, 0.2) is 0 Å². The molecule has 24 heavy (non-hydrogen) atoms. The summed E-state index contributed by atoms with van der Waals surface area (Å²) in [6, 6.07) is 0. The molecule has 2 bridgehead atoms. The first-order chi connectivity index (χ1) is 10.7. The molecular formula is C21H38O2Si. The minimum absolute atomic E-state index is 0.103. The molecule has 1 unspecified atom stereocenters. The Hall–Kier alpha value is -0.153. The van der Waals surface area contributed by atoms with E-state index in [1.54, 1.807) is 0 Å². The summed E-state index contributed by atoms with van der Waals surface area (Å²) in [4.78, 5) is 13.4. The van der Waals surface area contributed by atoms with Crippen LogP contribution < -0.4 is 0 Å². The first-order valence-corrected chi connectivity index (χ1v) is 12.8. The van der Waals surface area contributed by atoms with Crippen LogP contribution in [0.4, 0.5) is 0 Å². The Morgan fingerprint density at radius 1 is 1.12 bits per heavy atom. The summed E-state index contributed by atoms with van der Waals surface area (Å²) in [6.07, 6.45) is 4.89. The third-order valence-corrected chi connectivity index (χ3v) is 13.4. The lowest BCUT2D eigenvalue weighted by molar-refractivity contribution is -0.148. The molecule has 0 spiro atoms. The molecule has 0 radical (unpaired) electrons. The Morgan fingerprint density at radius 3 is 2.21 bits per heavy atom. The van der Waals surface area contributed by atoms with Crippen molar-refractivity contribution in [2.24, 2.45) is 28.1 Å². The van der Waals surface area contributed by atoms with Gasteiger partial charge in [-0.3, -0.25) is 4.79 Å². The highest BCUT2D eigenvalue weighted by atomic mass is 28.4. The normalized spacial score (nSPS) is 44.7. The van der Waals surface area contributed by atoms with E-state index in [-0.39, 0.29) is 33.3 Å². The maximum Gasteiger partial charge on any atom is 0.192 e. The zero-order valence-electron chi connectivity index (χ0n) is 17.4. The molecule has 0 aromatic heterocycles. The van der Waals surface area contributed by atoms with E-state index in [9.17, 15) is 4.79 Å². The number of hydrogen-bond acceptors (Lipinski definition) is 2. The summed E-state index contributed by atoms with van der Waals surface area (Å²) in [5, 5.41) is 0.224. The van der Waals surface area contributed by atoms with Crippen molar-refractivity contribution in [2.75, 3.05) is 0 Å². The van der Waals surface area contributed by atoms with Crippen molar-refractivity contribution in [3.8, 4) is 0 Å². The predicted octanol–water partition coefficient (Wildman–Crippen LogP) is 5.82. The summed E-state index contributed by atoms with van der Waals surface area (Å²) < 4.78 is 6.95. The molecule has 0 saturated heterocycles. The van der Waals surface area contributed by atoms with Gasteiger partial charge in [-0.15, -0.1) is 0 Å². The van der Waals surface area contributed by atoms with Gasteiger partial charge in [0.25, 0.3) is 0 Å². The third-order valence-electron chi connectivity index (χ3n) is 8.90. The van der Waals surface area contributed by atoms with Crippen LogP contribution in [0.25, 0.3) is 0 Å². The number of carbonyl (C=O) groups excluding carboxylic acids is 1. The Bertz CT molecular complexity index is 559. The van der Waals surface area contributed by atoms with Gasteiger partial charge in [0.05, 0.1) is 6.10 Å². The van der Waals surface area contributed by atoms with E-state index in [4.69, 9.17) is 4.43 Å². The van der Waals surface area contributed by atoms with Crippen molar-refractivity contribution in [1.29, 1.82) is 0 Å². The smallest absolute Gasteiger partial charge is 0.192 e. The lowest BCUT2D eigenvalue weighted by atomic mass is 9.48. The molecule has 3 heteroatoms. The predicted molar refractivity (Wildman–Crippen MR) is 103 cm³/mol.